The Kier molecular flexibility index (Phi) is 9.20. The first kappa shape index (κ1) is 21.7. The standard InChI is InChI=1S/C21H16.2ClH.H2N.Ti/c1-2-8-16(9-3-1)18-12-6-7-13-20(18)21-15-14-17-10-4-5-11-19(17)21;;;;/h1-15,21H;2*1H;1H2;/q;;;-1;+3/p-2. The van der Waals surface area contributed by atoms with Crippen molar-refractivity contribution >= 4 is 6.08 Å². The van der Waals surface area contributed by atoms with Gasteiger partial charge in [0, 0.05) is 5.92 Å². The van der Waals surface area contributed by atoms with Crippen LogP contribution in [-0.2, 0) is 20.7 Å². The number of fused-ring (bicyclic) bond motifs is 1. The molecule has 1 atom stereocenters. The summed E-state index contributed by atoms with van der Waals surface area (Å²) >= 11 is 1.50. The molecule has 0 amide bonds. The van der Waals surface area contributed by atoms with Gasteiger partial charge in [-0.2, -0.15) is 0 Å². The van der Waals surface area contributed by atoms with Crippen LogP contribution in [0.2, 0.25) is 0 Å². The fourth-order valence-electron chi connectivity index (χ4n) is 3.17. The van der Waals surface area contributed by atoms with Crippen LogP contribution in [0.15, 0.2) is 84.9 Å². The molecule has 0 radical (unpaired) electrons. The summed E-state index contributed by atoms with van der Waals surface area (Å²) in [7, 11) is 0. The Labute approximate surface area is 173 Å². The first-order chi connectivity index (χ1) is 11.4. The molecule has 4 heteroatoms. The quantitative estimate of drug-likeness (QED) is 0.542. The number of hydrogen-bond acceptors (Lipinski definition) is 1. The van der Waals surface area contributed by atoms with Gasteiger partial charge in [0.1, 0.15) is 0 Å². The van der Waals surface area contributed by atoms with Gasteiger partial charge in [-0.1, -0.05) is 91.0 Å². The molecule has 1 aliphatic carbocycles. The first-order valence-electron chi connectivity index (χ1n) is 7.64. The second-order valence-corrected chi connectivity index (χ2v) is 5.42. The number of halogens is 2. The van der Waals surface area contributed by atoms with Crippen LogP contribution in [-0.4, -0.2) is 0 Å². The van der Waals surface area contributed by atoms with E-state index >= 15 is 0 Å². The van der Waals surface area contributed by atoms with Gasteiger partial charge in [-0.25, -0.2) is 0 Å². The van der Waals surface area contributed by atoms with Crippen molar-refractivity contribution in [1.82, 2.24) is 0 Å². The van der Waals surface area contributed by atoms with Crippen molar-refractivity contribution < 1.29 is 45.5 Å². The molecule has 0 aliphatic heterocycles. The van der Waals surface area contributed by atoms with Crippen molar-refractivity contribution in [3.8, 4) is 11.1 Å². The van der Waals surface area contributed by atoms with Gasteiger partial charge in [0.25, 0.3) is 0 Å². The predicted octanol–water partition coefficient (Wildman–Crippen LogP) is -1.07. The molecule has 1 nitrogen and oxygen atoms in total. The van der Waals surface area contributed by atoms with E-state index in [0.29, 0.717) is 5.92 Å². The summed E-state index contributed by atoms with van der Waals surface area (Å²) in [5.41, 5.74) is 6.73. The van der Waals surface area contributed by atoms with E-state index in [4.69, 9.17) is 0 Å². The zero-order valence-corrected chi connectivity index (χ0v) is 16.6. The van der Waals surface area contributed by atoms with Crippen molar-refractivity contribution in [2.75, 3.05) is 0 Å². The van der Waals surface area contributed by atoms with Gasteiger partial charge in [-0.15, -0.1) is 0 Å². The van der Waals surface area contributed by atoms with Crippen molar-refractivity contribution in [3.05, 3.63) is 102 Å². The van der Waals surface area contributed by atoms with Gasteiger partial charge in [0.2, 0.25) is 0 Å². The second-order valence-electron chi connectivity index (χ2n) is 5.42. The first-order valence-corrected chi connectivity index (χ1v) is 8.54. The van der Waals surface area contributed by atoms with Crippen molar-refractivity contribution in [3.63, 3.8) is 0 Å². The maximum absolute atomic E-state index is 4.50. The van der Waals surface area contributed by atoms with E-state index in [0.717, 1.165) is 0 Å². The Hall–Kier alpha value is -1.35. The van der Waals surface area contributed by atoms with E-state index in [2.05, 4.69) is 95.2 Å². The molecule has 0 saturated carbocycles. The zero-order chi connectivity index (χ0) is 16.1. The molecule has 1 aliphatic rings. The number of hydrogen-bond donors (Lipinski definition) is 1. The fraction of sp³-hybridized carbons (Fsp3) is 0.0476. The van der Waals surface area contributed by atoms with Crippen LogP contribution < -0.4 is 29.0 Å². The summed E-state index contributed by atoms with van der Waals surface area (Å²) in [5.74, 6) is 0.359. The van der Waals surface area contributed by atoms with Gasteiger partial charge in [0.15, 0.2) is 0 Å². The van der Waals surface area contributed by atoms with E-state index in [1.165, 1.54) is 48.5 Å². The normalized spacial score (nSPS) is 13.6. The van der Waals surface area contributed by atoms with Crippen LogP contribution in [0.25, 0.3) is 17.2 Å². The molecule has 0 heterocycles. The van der Waals surface area contributed by atoms with Crippen LogP contribution in [0.3, 0.4) is 0 Å². The molecule has 25 heavy (non-hydrogen) atoms. The van der Waals surface area contributed by atoms with Gasteiger partial charge >= 0.3 is 24.9 Å². The molecule has 0 saturated heterocycles. The average Bonchev–Trinajstić information content (AvgIpc) is 3.08. The maximum atomic E-state index is 4.50. The molecule has 4 rings (SSSR count). The summed E-state index contributed by atoms with van der Waals surface area (Å²) in [5, 5.41) is 0. The Morgan fingerprint density at radius 2 is 1.20 bits per heavy atom. The van der Waals surface area contributed by atoms with E-state index in [1.807, 2.05) is 0 Å². The average molecular weight is 403 g/mol. The number of nitrogens with two attached hydrogens (primary N) is 1. The van der Waals surface area contributed by atoms with Crippen LogP contribution in [0.1, 0.15) is 22.6 Å². The molecule has 2 N–H and O–H groups in total. The van der Waals surface area contributed by atoms with Gasteiger partial charge in [0.05, 0.1) is 0 Å². The van der Waals surface area contributed by atoms with E-state index in [9.17, 15) is 0 Å². The summed E-state index contributed by atoms with van der Waals surface area (Å²) in [6.45, 7) is 0. The Bertz CT molecular complexity index is 819. The van der Waals surface area contributed by atoms with E-state index in [-0.39, 0.29) is 24.8 Å². The third-order valence-corrected chi connectivity index (χ3v) is 4.18. The molecule has 1 unspecified atom stereocenters. The van der Waals surface area contributed by atoms with Crippen molar-refractivity contribution in [1.29, 1.82) is 0 Å². The summed E-state index contributed by atoms with van der Waals surface area (Å²) in [4.78, 5) is 0. The third-order valence-electron chi connectivity index (χ3n) is 4.18. The molecule has 0 aromatic heterocycles. The van der Waals surface area contributed by atoms with Crippen LogP contribution in [0.4, 0.5) is 0 Å². The van der Waals surface area contributed by atoms with Crippen molar-refractivity contribution in [2.24, 2.45) is 4.22 Å². The van der Waals surface area contributed by atoms with Crippen LogP contribution >= 0.6 is 0 Å². The Morgan fingerprint density at radius 3 is 1.92 bits per heavy atom. The van der Waals surface area contributed by atoms with Crippen LogP contribution in [0.5, 0.6) is 0 Å². The third kappa shape index (κ3) is 4.64. The monoisotopic (exact) mass is 402 g/mol. The van der Waals surface area contributed by atoms with E-state index < -0.39 is 0 Å². The SMILES string of the molecule is C1=CC(c2ccccc2-c2ccccc2)c2ccccc21.[Cl-].[Cl-].[NH2][Ti+2]. The molecule has 3 aromatic rings. The molecule has 0 bridgehead atoms. The Morgan fingerprint density at radius 1 is 0.640 bits per heavy atom. The fourth-order valence-corrected chi connectivity index (χ4v) is 3.17. The van der Waals surface area contributed by atoms with Gasteiger partial charge in [-0.05, 0) is 27.8 Å². The second kappa shape index (κ2) is 10.6. The minimum absolute atomic E-state index is 0. The summed E-state index contributed by atoms with van der Waals surface area (Å²) in [6.07, 6.45) is 4.55. The Balaban J connectivity index is 0.000000755. The topological polar surface area (TPSA) is 26.0 Å². The van der Waals surface area contributed by atoms with Crippen molar-refractivity contribution in [2.45, 2.75) is 5.92 Å². The molecule has 0 spiro atoms. The van der Waals surface area contributed by atoms with Gasteiger partial charge in [-0.3, -0.25) is 0 Å². The molecule has 3 aromatic carbocycles. The zero-order valence-electron chi connectivity index (χ0n) is 13.6. The van der Waals surface area contributed by atoms with E-state index in [1.54, 1.807) is 0 Å². The number of allylic oxidation sites excluding steroid dienone is 1. The predicted molar refractivity (Wildman–Crippen MR) is 93.4 cm³/mol. The minimum atomic E-state index is 0. The molecular formula is C21H18Cl2NTi. The van der Waals surface area contributed by atoms with Gasteiger partial charge < -0.3 is 24.8 Å². The number of benzene rings is 3. The van der Waals surface area contributed by atoms with Crippen LogP contribution in [0, 0.1) is 0 Å². The molecular weight excluding hydrogens is 385 g/mol. The summed E-state index contributed by atoms with van der Waals surface area (Å²) in [6, 6.07) is 28.0. The summed E-state index contributed by atoms with van der Waals surface area (Å²) < 4.78 is 4.50. The molecule has 125 valence electrons. The number of rotatable bonds is 2. The molecule has 0 fully saturated rings.